The average molecular weight is 369 g/mol. The molecule has 0 aliphatic heterocycles. The molecule has 0 aliphatic rings. The maximum Gasteiger partial charge on any atom is 0.471 e. The number of fused-ring (bicyclic) bond motifs is 1. The van der Waals surface area contributed by atoms with E-state index in [1.165, 1.54) is 30.3 Å². The van der Waals surface area contributed by atoms with Gasteiger partial charge in [-0.3, -0.25) is 9.59 Å². The minimum atomic E-state index is -5.03. The Bertz CT molecular complexity index is 1030. The van der Waals surface area contributed by atoms with Crippen molar-refractivity contribution >= 4 is 34.2 Å². The lowest BCUT2D eigenvalue weighted by Crippen LogP contribution is -2.30. The third-order valence-corrected chi connectivity index (χ3v) is 3.94. The molecular weight excluding hydrogens is 355 g/mol. The first kappa shape index (κ1) is 18.4. The number of alkyl halides is 3. The Labute approximate surface area is 153 Å². The maximum atomic E-state index is 12.5. The van der Waals surface area contributed by atoms with Crippen LogP contribution in [0.2, 0.25) is 0 Å². The Morgan fingerprint density at radius 2 is 1.52 bits per heavy atom. The van der Waals surface area contributed by atoms with Gasteiger partial charge in [-0.15, -0.1) is 0 Å². The summed E-state index contributed by atoms with van der Waals surface area (Å²) in [6.45, 7) is 0. The smallest absolute Gasteiger partial charge is 0.318 e. The van der Waals surface area contributed by atoms with E-state index in [1.54, 1.807) is 11.4 Å². The lowest BCUT2D eigenvalue weighted by atomic mass is 10.0. The number of anilines is 1. The highest BCUT2D eigenvalue weighted by molar-refractivity contribution is 6.13. The van der Waals surface area contributed by atoms with E-state index in [1.807, 2.05) is 42.5 Å². The second-order valence-corrected chi connectivity index (χ2v) is 5.76. The molecular formula is C21H14F3NO2. The standard InChI is InChI=1S/C21H14F3NO2/c22-21(23,24)20(27)25-18-11-4-3-10-17(18)19(26)13-12-15-8-5-7-14-6-1-2-9-16(14)15/h1-13H,(H,25,27)/b13-12+. The van der Waals surface area contributed by atoms with Crippen LogP contribution in [0.15, 0.2) is 72.8 Å². The van der Waals surface area contributed by atoms with Crippen molar-refractivity contribution in [2.45, 2.75) is 6.18 Å². The molecule has 3 nitrogen and oxygen atoms in total. The summed E-state index contributed by atoms with van der Waals surface area (Å²) in [5.41, 5.74) is 0.595. The first-order chi connectivity index (χ1) is 12.9. The van der Waals surface area contributed by atoms with Gasteiger partial charge in [-0.2, -0.15) is 13.2 Å². The molecule has 0 atom stereocenters. The Balaban J connectivity index is 1.88. The number of halogens is 3. The van der Waals surface area contributed by atoms with Crippen LogP contribution in [0.1, 0.15) is 15.9 Å². The SMILES string of the molecule is O=C(/C=C/c1cccc2ccccc12)c1ccccc1NC(=O)C(F)(F)F. The highest BCUT2D eigenvalue weighted by Crippen LogP contribution is 2.23. The van der Waals surface area contributed by atoms with E-state index < -0.39 is 17.9 Å². The summed E-state index contributed by atoms with van der Waals surface area (Å²) in [4.78, 5) is 23.7. The zero-order chi connectivity index (χ0) is 19.4. The topological polar surface area (TPSA) is 46.2 Å². The van der Waals surface area contributed by atoms with Gasteiger partial charge in [0.25, 0.3) is 0 Å². The molecule has 0 aromatic heterocycles. The predicted molar refractivity (Wildman–Crippen MR) is 98.4 cm³/mol. The summed E-state index contributed by atoms with van der Waals surface area (Å²) in [6, 6.07) is 18.8. The summed E-state index contributed by atoms with van der Waals surface area (Å²) in [5, 5.41) is 3.69. The maximum absolute atomic E-state index is 12.5. The third kappa shape index (κ3) is 4.23. The summed E-state index contributed by atoms with van der Waals surface area (Å²) >= 11 is 0. The van der Waals surface area contributed by atoms with E-state index >= 15 is 0 Å². The highest BCUT2D eigenvalue weighted by Gasteiger charge is 2.39. The quantitative estimate of drug-likeness (QED) is 0.505. The second kappa shape index (κ2) is 7.45. The molecule has 1 amide bonds. The molecule has 3 aromatic rings. The summed E-state index contributed by atoms with van der Waals surface area (Å²) in [5.74, 6) is -2.64. The van der Waals surface area contributed by atoms with E-state index in [0.29, 0.717) is 0 Å². The molecule has 0 saturated carbocycles. The molecule has 3 aromatic carbocycles. The first-order valence-corrected chi connectivity index (χ1v) is 8.03. The minimum Gasteiger partial charge on any atom is -0.318 e. The molecule has 0 unspecified atom stereocenters. The predicted octanol–water partition coefficient (Wildman–Crippen LogP) is 5.24. The number of hydrogen-bond acceptors (Lipinski definition) is 2. The van der Waals surface area contributed by atoms with Crippen LogP contribution < -0.4 is 5.32 Å². The van der Waals surface area contributed by atoms with Crippen molar-refractivity contribution in [3.8, 4) is 0 Å². The molecule has 3 rings (SSSR count). The number of nitrogens with one attached hydrogen (secondary N) is 1. The zero-order valence-electron chi connectivity index (χ0n) is 14.0. The normalized spacial score (nSPS) is 11.7. The molecule has 6 heteroatoms. The van der Waals surface area contributed by atoms with Crippen molar-refractivity contribution in [3.63, 3.8) is 0 Å². The molecule has 0 radical (unpaired) electrons. The van der Waals surface area contributed by atoms with Crippen LogP contribution in [0.3, 0.4) is 0 Å². The van der Waals surface area contributed by atoms with Crippen LogP contribution in [0, 0.1) is 0 Å². The van der Waals surface area contributed by atoms with E-state index in [2.05, 4.69) is 0 Å². The monoisotopic (exact) mass is 369 g/mol. The fourth-order valence-electron chi connectivity index (χ4n) is 2.65. The highest BCUT2D eigenvalue weighted by atomic mass is 19.4. The zero-order valence-corrected chi connectivity index (χ0v) is 14.0. The summed E-state index contributed by atoms with van der Waals surface area (Å²) in [6.07, 6.45) is -2.15. The van der Waals surface area contributed by atoms with Crippen molar-refractivity contribution in [2.75, 3.05) is 5.32 Å². The minimum absolute atomic E-state index is 0.0217. The van der Waals surface area contributed by atoms with Crippen LogP contribution in [0.25, 0.3) is 16.8 Å². The number of benzene rings is 3. The molecule has 136 valence electrons. The largest absolute Gasteiger partial charge is 0.471 e. The van der Waals surface area contributed by atoms with Gasteiger partial charge in [0.05, 0.1) is 5.69 Å². The van der Waals surface area contributed by atoms with Gasteiger partial charge in [0.1, 0.15) is 0 Å². The van der Waals surface area contributed by atoms with Gasteiger partial charge < -0.3 is 5.32 Å². The Morgan fingerprint density at radius 1 is 0.852 bits per heavy atom. The molecule has 1 N–H and O–H groups in total. The van der Waals surface area contributed by atoms with E-state index in [4.69, 9.17) is 0 Å². The number of ketones is 1. The number of carbonyl (C=O) groups excluding carboxylic acids is 2. The van der Waals surface area contributed by atoms with Crippen molar-refractivity contribution < 1.29 is 22.8 Å². The Morgan fingerprint density at radius 3 is 2.30 bits per heavy atom. The molecule has 27 heavy (non-hydrogen) atoms. The van der Waals surface area contributed by atoms with E-state index in [0.717, 1.165) is 16.3 Å². The van der Waals surface area contributed by atoms with Gasteiger partial charge in [0.2, 0.25) is 0 Å². The van der Waals surface area contributed by atoms with Crippen LogP contribution in [-0.4, -0.2) is 17.9 Å². The van der Waals surface area contributed by atoms with Crippen molar-refractivity contribution in [1.82, 2.24) is 0 Å². The average Bonchev–Trinajstić information content (AvgIpc) is 2.65. The molecule has 0 bridgehead atoms. The van der Waals surface area contributed by atoms with Crippen LogP contribution in [-0.2, 0) is 4.79 Å². The Kier molecular flexibility index (Phi) is 5.07. The van der Waals surface area contributed by atoms with Crippen LogP contribution in [0.5, 0.6) is 0 Å². The molecule has 0 fully saturated rings. The summed E-state index contributed by atoms with van der Waals surface area (Å²) in [7, 11) is 0. The Hall–Kier alpha value is -3.41. The van der Waals surface area contributed by atoms with Gasteiger partial charge >= 0.3 is 12.1 Å². The number of hydrogen-bond donors (Lipinski definition) is 1. The summed E-state index contributed by atoms with van der Waals surface area (Å²) < 4.78 is 37.4. The number of amides is 1. The molecule has 0 spiro atoms. The lowest BCUT2D eigenvalue weighted by Gasteiger charge is -2.10. The van der Waals surface area contributed by atoms with Gasteiger partial charge in [0.15, 0.2) is 5.78 Å². The third-order valence-electron chi connectivity index (χ3n) is 3.94. The fraction of sp³-hybridized carbons (Fsp3) is 0.0476. The van der Waals surface area contributed by atoms with E-state index in [-0.39, 0.29) is 11.3 Å². The van der Waals surface area contributed by atoms with Gasteiger partial charge in [-0.05, 0) is 34.5 Å². The number of carbonyl (C=O) groups is 2. The first-order valence-electron chi connectivity index (χ1n) is 8.03. The number of rotatable bonds is 4. The van der Waals surface area contributed by atoms with Crippen LogP contribution >= 0.6 is 0 Å². The van der Waals surface area contributed by atoms with Crippen molar-refractivity contribution in [3.05, 3.63) is 83.9 Å². The van der Waals surface area contributed by atoms with Gasteiger partial charge in [-0.1, -0.05) is 60.7 Å². The second-order valence-electron chi connectivity index (χ2n) is 5.76. The number of para-hydroxylation sites is 1. The van der Waals surface area contributed by atoms with Crippen molar-refractivity contribution in [2.24, 2.45) is 0 Å². The molecule has 0 saturated heterocycles. The van der Waals surface area contributed by atoms with Crippen molar-refractivity contribution in [1.29, 1.82) is 0 Å². The molecule has 0 heterocycles. The molecule has 0 aliphatic carbocycles. The fourth-order valence-corrected chi connectivity index (χ4v) is 2.65. The number of allylic oxidation sites excluding steroid dienone is 1. The van der Waals surface area contributed by atoms with E-state index in [9.17, 15) is 22.8 Å². The lowest BCUT2D eigenvalue weighted by molar-refractivity contribution is -0.167. The van der Waals surface area contributed by atoms with Gasteiger partial charge in [-0.25, -0.2) is 0 Å². The van der Waals surface area contributed by atoms with Crippen LogP contribution in [0.4, 0.5) is 18.9 Å². The van der Waals surface area contributed by atoms with Gasteiger partial charge in [0, 0.05) is 5.56 Å².